The Morgan fingerprint density at radius 2 is 1.63 bits per heavy atom. The van der Waals surface area contributed by atoms with E-state index in [4.69, 9.17) is 4.84 Å². The van der Waals surface area contributed by atoms with Gasteiger partial charge in [0.1, 0.15) is 12.3 Å². The van der Waals surface area contributed by atoms with Crippen LogP contribution in [0.25, 0.3) is 10.8 Å². The Bertz CT molecular complexity index is 970. The summed E-state index contributed by atoms with van der Waals surface area (Å²) in [6, 6.07) is 23.4. The van der Waals surface area contributed by atoms with Crippen molar-refractivity contribution in [2.24, 2.45) is 5.16 Å². The van der Waals surface area contributed by atoms with Crippen molar-refractivity contribution in [1.29, 1.82) is 0 Å². The summed E-state index contributed by atoms with van der Waals surface area (Å²) < 4.78 is 0. The van der Waals surface area contributed by atoms with Gasteiger partial charge in [0.2, 0.25) is 0 Å². The molecule has 3 nitrogen and oxygen atoms in total. The molecule has 1 saturated heterocycles. The van der Waals surface area contributed by atoms with Crippen molar-refractivity contribution in [3.8, 4) is 0 Å². The fraction of sp³-hybridized carbons (Fsp3) is 0.346. The number of hydrogen-bond donors (Lipinski definition) is 0. The van der Waals surface area contributed by atoms with Gasteiger partial charge in [-0.25, -0.2) is 0 Å². The maximum atomic E-state index is 5.89. The van der Waals surface area contributed by atoms with Crippen LogP contribution in [0.1, 0.15) is 36.8 Å². The predicted octanol–water partition coefficient (Wildman–Crippen LogP) is 6.21. The zero-order valence-electron chi connectivity index (χ0n) is 17.7. The van der Waals surface area contributed by atoms with Gasteiger partial charge in [0.25, 0.3) is 0 Å². The standard InChI is InChI=1S/C26H30N2OS/c1-30-23-15-13-22(14-16-23)26(25-12-8-10-21-9-4-5-11-24(21)25)27-29-20-19-28-17-6-2-3-7-18-28/h4-5,8-16H,2-3,6-7,17-20H2,1H3. The summed E-state index contributed by atoms with van der Waals surface area (Å²) in [5.74, 6) is 0. The first-order chi connectivity index (χ1) is 14.8. The average molecular weight is 419 g/mol. The summed E-state index contributed by atoms with van der Waals surface area (Å²) in [5.41, 5.74) is 3.09. The molecule has 0 spiro atoms. The molecule has 4 heteroatoms. The molecule has 0 amide bonds. The van der Waals surface area contributed by atoms with Crippen LogP contribution in [-0.2, 0) is 4.84 Å². The Morgan fingerprint density at radius 3 is 2.40 bits per heavy atom. The van der Waals surface area contributed by atoms with Crippen molar-refractivity contribution in [2.75, 3.05) is 32.5 Å². The van der Waals surface area contributed by atoms with E-state index >= 15 is 0 Å². The summed E-state index contributed by atoms with van der Waals surface area (Å²) in [4.78, 5) is 9.65. The summed E-state index contributed by atoms with van der Waals surface area (Å²) in [7, 11) is 0. The van der Waals surface area contributed by atoms with E-state index in [0.29, 0.717) is 6.61 Å². The first-order valence-corrected chi connectivity index (χ1v) is 12.1. The highest BCUT2D eigenvalue weighted by atomic mass is 32.2. The van der Waals surface area contributed by atoms with Crippen molar-refractivity contribution >= 4 is 28.2 Å². The Kier molecular flexibility index (Phi) is 7.44. The average Bonchev–Trinajstić information content (AvgIpc) is 3.08. The Labute approximate surface area is 184 Å². The quantitative estimate of drug-likeness (QED) is 0.197. The Hall–Kier alpha value is -2.30. The summed E-state index contributed by atoms with van der Waals surface area (Å²) in [6.07, 6.45) is 7.40. The first kappa shape index (κ1) is 21.0. The zero-order chi connectivity index (χ0) is 20.6. The minimum absolute atomic E-state index is 0.622. The van der Waals surface area contributed by atoms with Crippen LogP contribution in [0.4, 0.5) is 0 Å². The van der Waals surface area contributed by atoms with Gasteiger partial charge in [0.15, 0.2) is 0 Å². The number of likely N-dealkylation sites (tertiary alicyclic amines) is 1. The lowest BCUT2D eigenvalue weighted by atomic mass is 9.97. The fourth-order valence-electron chi connectivity index (χ4n) is 4.08. The second-order valence-electron chi connectivity index (χ2n) is 7.78. The molecule has 0 bridgehead atoms. The Balaban J connectivity index is 1.59. The normalized spacial score (nSPS) is 15.8. The van der Waals surface area contributed by atoms with Crippen molar-refractivity contribution in [3.05, 3.63) is 77.9 Å². The highest BCUT2D eigenvalue weighted by molar-refractivity contribution is 7.98. The number of oxime groups is 1. The van der Waals surface area contributed by atoms with E-state index < -0.39 is 0 Å². The summed E-state index contributed by atoms with van der Waals surface area (Å²) in [6.45, 7) is 3.92. The SMILES string of the molecule is CSc1ccc(C(=NOCCN2CCCCCC2)c2cccc3ccccc23)cc1. The summed E-state index contributed by atoms with van der Waals surface area (Å²) >= 11 is 1.75. The number of hydrogen-bond acceptors (Lipinski definition) is 4. The van der Waals surface area contributed by atoms with E-state index in [1.165, 1.54) is 54.4 Å². The molecule has 1 heterocycles. The van der Waals surface area contributed by atoms with Gasteiger partial charge in [-0.3, -0.25) is 4.90 Å². The van der Waals surface area contributed by atoms with Crippen LogP contribution in [0.3, 0.4) is 0 Å². The van der Waals surface area contributed by atoms with Crippen LogP contribution >= 0.6 is 11.8 Å². The van der Waals surface area contributed by atoms with Gasteiger partial charge >= 0.3 is 0 Å². The minimum Gasteiger partial charge on any atom is -0.394 e. The van der Waals surface area contributed by atoms with Crippen LogP contribution < -0.4 is 0 Å². The van der Waals surface area contributed by atoms with Gasteiger partial charge in [-0.1, -0.05) is 72.6 Å². The van der Waals surface area contributed by atoms with Crippen LogP contribution in [0, 0.1) is 0 Å². The zero-order valence-corrected chi connectivity index (χ0v) is 18.5. The number of benzene rings is 3. The second kappa shape index (κ2) is 10.6. The van der Waals surface area contributed by atoms with Gasteiger partial charge in [-0.15, -0.1) is 11.8 Å². The topological polar surface area (TPSA) is 24.8 Å². The van der Waals surface area contributed by atoms with Crippen LogP contribution in [0.2, 0.25) is 0 Å². The van der Waals surface area contributed by atoms with E-state index in [9.17, 15) is 0 Å². The molecule has 0 unspecified atom stereocenters. The molecule has 1 aliphatic heterocycles. The molecular formula is C26H30N2OS. The molecule has 1 fully saturated rings. The van der Waals surface area contributed by atoms with Crippen molar-refractivity contribution in [2.45, 2.75) is 30.6 Å². The van der Waals surface area contributed by atoms with E-state index in [0.717, 1.165) is 23.4 Å². The molecule has 4 rings (SSSR count). The van der Waals surface area contributed by atoms with Crippen LogP contribution in [-0.4, -0.2) is 43.1 Å². The molecule has 0 N–H and O–H groups in total. The van der Waals surface area contributed by atoms with Crippen LogP contribution in [0.5, 0.6) is 0 Å². The maximum Gasteiger partial charge on any atom is 0.129 e. The highest BCUT2D eigenvalue weighted by Gasteiger charge is 2.13. The third kappa shape index (κ3) is 5.24. The maximum absolute atomic E-state index is 5.89. The molecule has 3 aromatic carbocycles. The monoisotopic (exact) mass is 418 g/mol. The molecule has 0 radical (unpaired) electrons. The van der Waals surface area contributed by atoms with Gasteiger partial charge < -0.3 is 4.84 Å². The van der Waals surface area contributed by atoms with Crippen molar-refractivity contribution in [3.63, 3.8) is 0 Å². The summed E-state index contributed by atoms with van der Waals surface area (Å²) in [5, 5.41) is 7.07. The third-order valence-corrected chi connectivity index (χ3v) is 6.51. The van der Waals surface area contributed by atoms with E-state index in [1.807, 2.05) is 0 Å². The van der Waals surface area contributed by atoms with E-state index in [-0.39, 0.29) is 0 Å². The van der Waals surface area contributed by atoms with Gasteiger partial charge in [0, 0.05) is 22.6 Å². The molecule has 3 aromatic rings. The second-order valence-corrected chi connectivity index (χ2v) is 8.66. The lowest BCUT2D eigenvalue weighted by Crippen LogP contribution is -2.28. The lowest BCUT2D eigenvalue weighted by Gasteiger charge is -2.18. The van der Waals surface area contributed by atoms with Crippen molar-refractivity contribution < 1.29 is 4.84 Å². The molecule has 1 aliphatic rings. The van der Waals surface area contributed by atoms with Crippen molar-refractivity contribution in [1.82, 2.24) is 4.90 Å². The molecule has 0 saturated carbocycles. The highest BCUT2D eigenvalue weighted by Crippen LogP contribution is 2.24. The number of nitrogens with zero attached hydrogens (tertiary/aromatic N) is 2. The van der Waals surface area contributed by atoms with Gasteiger partial charge in [-0.05, 0) is 55.1 Å². The molecule has 30 heavy (non-hydrogen) atoms. The number of fused-ring (bicyclic) bond motifs is 1. The predicted molar refractivity (Wildman–Crippen MR) is 129 cm³/mol. The number of thioether (sulfide) groups is 1. The minimum atomic E-state index is 0.622. The third-order valence-electron chi connectivity index (χ3n) is 5.76. The van der Waals surface area contributed by atoms with Gasteiger partial charge in [0.05, 0.1) is 0 Å². The largest absolute Gasteiger partial charge is 0.394 e. The molecule has 0 aromatic heterocycles. The molecule has 0 atom stereocenters. The molecular weight excluding hydrogens is 388 g/mol. The van der Waals surface area contributed by atoms with Crippen LogP contribution in [0.15, 0.2) is 76.8 Å². The number of rotatable bonds is 7. The molecule has 0 aliphatic carbocycles. The lowest BCUT2D eigenvalue weighted by molar-refractivity contribution is 0.112. The van der Waals surface area contributed by atoms with E-state index in [2.05, 4.69) is 83.0 Å². The first-order valence-electron chi connectivity index (χ1n) is 10.9. The Morgan fingerprint density at radius 1 is 0.900 bits per heavy atom. The van der Waals surface area contributed by atoms with Gasteiger partial charge in [-0.2, -0.15) is 0 Å². The fourth-order valence-corrected chi connectivity index (χ4v) is 4.49. The molecule has 156 valence electrons. The van der Waals surface area contributed by atoms with E-state index in [1.54, 1.807) is 11.8 Å². The smallest absolute Gasteiger partial charge is 0.129 e.